The van der Waals surface area contributed by atoms with Crippen LogP contribution in [0, 0.1) is 11.3 Å². The summed E-state index contributed by atoms with van der Waals surface area (Å²) in [6, 6.07) is 0. The van der Waals surface area contributed by atoms with E-state index in [1.165, 1.54) is 0 Å². The molecule has 0 radical (unpaired) electrons. The van der Waals surface area contributed by atoms with E-state index in [1.807, 2.05) is 13.8 Å². The number of nitrogens with one attached hydrogen (secondary N) is 1. The summed E-state index contributed by atoms with van der Waals surface area (Å²) in [5, 5.41) is 12.7. The third-order valence-electron chi connectivity index (χ3n) is 3.75. The molecule has 5 heteroatoms. The van der Waals surface area contributed by atoms with Crippen LogP contribution in [-0.2, 0) is 9.59 Å². The second kappa shape index (κ2) is 7.81. The number of hydrogen-bond donors (Lipinski definition) is 2. The van der Waals surface area contributed by atoms with Crippen LogP contribution in [0.1, 0.15) is 52.4 Å². The van der Waals surface area contributed by atoms with Crippen LogP contribution in [0.2, 0.25) is 0 Å². The van der Waals surface area contributed by atoms with Gasteiger partial charge in [-0.05, 0) is 31.1 Å². The molecule has 1 rings (SSSR count). The average Bonchev–Trinajstić information content (AvgIpc) is 3.01. The number of carboxylic acid groups (broad SMARTS) is 1. The van der Waals surface area contributed by atoms with Crippen molar-refractivity contribution < 1.29 is 14.7 Å². The van der Waals surface area contributed by atoms with Crippen molar-refractivity contribution >= 4 is 27.8 Å². The summed E-state index contributed by atoms with van der Waals surface area (Å²) in [4.78, 5) is 23.0. The molecule has 20 heavy (non-hydrogen) atoms. The molecule has 1 unspecified atom stereocenters. The third-order valence-corrected chi connectivity index (χ3v) is 4.32. The van der Waals surface area contributed by atoms with E-state index < -0.39 is 5.97 Å². The van der Waals surface area contributed by atoms with E-state index in [1.54, 1.807) is 6.08 Å². The van der Waals surface area contributed by atoms with Crippen LogP contribution in [0.4, 0.5) is 0 Å². The Kier molecular flexibility index (Phi) is 6.72. The van der Waals surface area contributed by atoms with Crippen molar-refractivity contribution in [1.29, 1.82) is 0 Å². The molecule has 1 amide bonds. The van der Waals surface area contributed by atoms with Gasteiger partial charge in [0.15, 0.2) is 0 Å². The minimum Gasteiger partial charge on any atom is -0.477 e. The molecule has 0 saturated heterocycles. The van der Waals surface area contributed by atoms with Gasteiger partial charge in [0, 0.05) is 11.2 Å². The zero-order valence-corrected chi connectivity index (χ0v) is 13.8. The first-order chi connectivity index (χ1) is 9.38. The van der Waals surface area contributed by atoms with E-state index in [2.05, 4.69) is 21.2 Å². The first kappa shape index (κ1) is 17.2. The third kappa shape index (κ3) is 5.65. The van der Waals surface area contributed by atoms with E-state index in [-0.39, 0.29) is 22.9 Å². The minimum atomic E-state index is -1.06. The fourth-order valence-electron chi connectivity index (χ4n) is 2.17. The van der Waals surface area contributed by atoms with Gasteiger partial charge in [-0.15, -0.1) is 0 Å². The summed E-state index contributed by atoms with van der Waals surface area (Å²) in [5.41, 5.74) is 0.0433. The van der Waals surface area contributed by atoms with Gasteiger partial charge in [0.1, 0.15) is 5.70 Å². The Morgan fingerprint density at radius 3 is 2.40 bits per heavy atom. The Labute approximate surface area is 129 Å². The number of halogens is 1. The highest BCUT2D eigenvalue weighted by Gasteiger charge is 2.50. The van der Waals surface area contributed by atoms with Crippen molar-refractivity contribution in [3.63, 3.8) is 0 Å². The zero-order chi connectivity index (χ0) is 15.2. The summed E-state index contributed by atoms with van der Waals surface area (Å²) < 4.78 is 0. The molecular formula is C15H24BrNO3. The molecule has 1 fully saturated rings. The number of carbonyl (C=O) groups is 2. The molecule has 1 atom stereocenters. The number of carboxylic acids is 1. The maximum Gasteiger partial charge on any atom is 0.352 e. The molecule has 2 N–H and O–H groups in total. The fourth-order valence-corrected chi connectivity index (χ4v) is 2.56. The average molecular weight is 346 g/mol. The monoisotopic (exact) mass is 345 g/mol. The smallest absolute Gasteiger partial charge is 0.352 e. The summed E-state index contributed by atoms with van der Waals surface area (Å²) >= 11 is 3.38. The summed E-state index contributed by atoms with van der Waals surface area (Å²) in [6.45, 7) is 4.04. The highest BCUT2D eigenvalue weighted by Crippen LogP contribution is 2.51. The van der Waals surface area contributed by atoms with Crippen molar-refractivity contribution in [1.82, 2.24) is 5.32 Å². The minimum absolute atomic E-state index is 0.0172. The van der Waals surface area contributed by atoms with Crippen LogP contribution < -0.4 is 5.32 Å². The van der Waals surface area contributed by atoms with E-state index >= 15 is 0 Å². The fraction of sp³-hybridized carbons (Fsp3) is 0.733. The molecule has 114 valence electrons. The lowest BCUT2D eigenvalue weighted by Crippen LogP contribution is -2.29. The van der Waals surface area contributed by atoms with E-state index in [0.29, 0.717) is 6.42 Å². The number of carbonyl (C=O) groups excluding carboxylic acids is 1. The number of aliphatic carboxylic acids is 1. The largest absolute Gasteiger partial charge is 0.477 e. The molecule has 0 spiro atoms. The molecular weight excluding hydrogens is 322 g/mol. The van der Waals surface area contributed by atoms with Gasteiger partial charge in [-0.25, -0.2) is 4.79 Å². The van der Waals surface area contributed by atoms with Crippen molar-refractivity contribution in [3.05, 3.63) is 11.8 Å². The lowest BCUT2D eigenvalue weighted by molar-refractivity contribution is -0.135. The molecule has 1 saturated carbocycles. The van der Waals surface area contributed by atoms with Crippen molar-refractivity contribution in [2.75, 3.05) is 5.33 Å². The predicted octanol–water partition coefficient (Wildman–Crippen LogP) is 3.46. The molecule has 1 aliphatic carbocycles. The molecule has 4 nitrogen and oxygen atoms in total. The molecule has 0 aromatic carbocycles. The Balaban J connectivity index is 2.36. The zero-order valence-electron chi connectivity index (χ0n) is 12.2. The second-order valence-corrected chi connectivity index (χ2v) is 6.84. The van der Waals surface area contributed by atoms with Gasteiger partial charge in [0.05, 0.1) is 0 Å². The van der Waals surface area contributed by atoms with Gasteiger partial charge in [0.25, 0.3) is 0 Å². The van der Waals surface area contributed by atoms with Gasteiger partial charge >= 0.3 is 5.97 Å². The molecule has 0 aromatic heterocycles. The normalized spacial score (nSPS) is 20.6. The maximum absolute atomic E-state index is 11.9. The van der Waals surface area contributed by atoms with Crippen molar-refractivity contribution in [2.45, 2.75) is 52.4 Å². The predicted molar refractivity (Wildman–Crippen MR) is 82.6 cm³/mol. The second-order valence-electron chi connectivity index (χ2n) is 6.05. The van der Waals surface area contributed by atoms with Gasteiger partial charge in [-0.3, -0.25) is 4.79 Å². The van der Waals surface area contributed by atoms with Crippen LogP contribution in [0.3, 0.4) is 0 Å². The van der Waals surface area contributed by atoms with Crippen LogP contribution in [0.25, 0.3) is 0 Å². The summed E-state index contributed by atoms with van der Waals surface area (Å²) in [5.74, 6) is -1.27. The number of amides is 1. The number of rotatable bonds is 9. The first-order valence-corrected chi connectivity index (χ1v) is 8.31. The van der Waals surface area contributed by atoms with Crippen molar-refractivity contribution in [2.24, 2.45) is 11.3 Å². The molecule has 0 heterocycles. The van der Waals surface area contributed by atoms with Gasteiger partial charge < -0.3 is 10.4 Å². The summed E-state index contributed by atoms with van der Waals surface area (Å²) in [6.07, 6.45) is 7.47. The Morgan fingerprint density at radius 1 is 1.30 bits per heavy atom. The van der Waals surface area contributed by atoms with Gasteiger partial charge in [0.2, 0.25) is 5.91 Å². The standard InChI is InChI=1S/C15H24BrNO3/c1-15(2)10-11(15)13(18)17-12(14(19)20)8-6-4-3-5-7-9-16/h8,11H,3-7,9-10H2,1-2H3,(H,17,18)(H,19,20)/b12-8+. The number of hydrogen-bond acceptors (Lipinski definition) is 2. The summed E-state index contributed by atoms with van der Waals surface area (Å²) in [7, 11) is 0. The van der Waals surface area contributed by atoms with Crippen LogP contribution in [0.5, 0.6) is 0 Å². The van der Waals surface area contributed by atoms with Gasteiger partial charge in [-0.2, -0.15) is 0 Å². The first-order valence-electron chi connectivity index (χ1n) is 7.19. The molecule has 1 aliphatic rings. The Morgan fingerprint density at radius 2 is 1.90 bits per heavy atom. The molecule has 0 aliphatic heterocycles. The van der Waals surface area contributed by atoms with E-state index in [4.69, 9.17) is 5.11 Å². The van der Waals surface area contributed by atoms with Crippen LogP contribution >= 0.6 is 15.9 Å². The number of unbranched alkanes of at least 4 members (excludes halogenated alkanes) is 4. The molecule has 0 aromatic rings. The topological polar surface area (TPSA) is 66.4 Å². The lowest BCUT2D eigenvalue weighted by Gasteiger charge is -2.07. The lowest BCUT2D eigenvalue weighted by atomic mass is 10.1. The van der Waals surface area contributed by atoms with Crippen molar-refractivity contribution in [3.8, 4) is 0 Å². The van der Waals surface area contributed by atoms with Crippen LogP contribution in [0.15, 0.2) is 11.8 Å². The maximum atomic E-state index is 11.9. The molecule has 0 bridgehead atoms. The highest BCUT2D eigenvalue weighted by molar-refractivity contribution is 9.09. The van der Waals surface area contributed by atoms with E-state index in [9.17, 15) is 9.59 Å². The van der Waals surface area contributed by atoms with E-state index in [0.717, 1.165) is 37.4 Å². The highest BCUT2D eigenvalue weighted by atomic mass is 79.9. The number of allylic oxidation sites excluding steroid dienone is 1. The quantitative estimate of drug-likeness (QED) is 0.382. The Bertz CT molecular complexity index is 391. The SMILES string of the molecule is CC1(C)CC1C(=O)N/C(=C/CCCCCCBr)C(=O)O. The van der Waals surface area contributed by atoms with Gasteiger partial charge in [-0.1, -0.05) is 48.7 Å². The number of alkyl halides is 1. The Hall–Kier alpha value is -0.840. The van der Waals surface area contributed by atoms with Crippen LogP contribution in [-0.4, -0.2) is 22.3 Å².